The van der Waals surface area contributed by atoms with E-state index in [0.29, 0.717) is 11.2 Å². The molecule has 3 aromatic heterocycles. The van der Waals surface area contributed by atoms with Crippen molar-refractivity contribution in [1.82, 2.24) is 19.5 Å². The molecule has 1 aliphatic heterocycles. The topological polar surface area (TPSA) is 119 Å². The summed E-state index contributed by atoms with van der Waals surface area (Å²) in [6.07, 6.45) is -1.06. The average molecular weight is 379 g/mol. The number of ether oxygens (including phenoxy) is 1. The fraction of sp³-hybridized carbons (Fsp3) is 0.400. The van der Waals surface area contributed by atoms with Crippen molar-refractivity contribution in [3.63, 3.8) is 0 Å². The van der Waals surface area contributed by atoms with Crippen LogP contribution in [0.1, 0.15) is 18.0 Å². The molecule has 1 unspecified atom stereocenters. The Bertz CT molecular complexity index is 898. The maximum absolute atomic E-state index is 10.6. The van der Waals surface area contributed by atoms with Crippen LogP contribution >= 0.6 is 24.0 Å². The number of hydrogen-bond donors (Lipinski definition) is 4. The molecule has 132 valence electrons. The number of fused-ring (bicyclic) bond motifs is 1. The monoisotopic (exact) mass is 379 g/mol. The number of thiophene rings is 1. The molecule has 0 aliphatic carbocycles. The number of nitrogen functional groups attached to an aromatic ring is 1. The lowest BCUT2D eigenvalue weighted by molar-refractivity contribution is -0.0453. The van der Waals surface area contributed by atoms with Gasteiger partial charge >= 0.3 is 0 Å². The molecule has 1 aliphatic rings. The molecule has 10 heteroatoms. The van der Waals surface area contributed by atoms with Gasteiger partial charge in [0.15, 0.2) is 17.7 Å². The van der Waals surface area contributed by atoms with Crippen LogP contribution in [0.25, 0.3) is 11.2 Å². The lowest BCUT2D eigenvalue weighted by Crippen LogP contribution is -2.41. The summed E-state index contributed by atoms with van der Waals surface area (Å²) in [7, 11) is 0. The van der Waals surface area contributed by atoms with Crippen molar-refractivity contribution in [3.05, 3.63) is 35.0 Å². The molecule has 0 saturated carbocycles. The number of nitrogens with zero attached hydrogens (tertiary/aromatic N) is 4. The summed E-state index contributed by atoms with van der Waals surface area (Å²) >= 11 is 6.23. The predicted octanol–water partition coefficient (Wildman–Crippen LogP) is 0.934. The number of aliphatic hydroxyl groups excluding tert-OH is 2. The van der Waals surface area contributed by atoms with E-state index < -0.39 is 29.3 Å². The van der Waals surface area contributed by atoms with Crippen LogP contribution in [0.5, 0.6) is 0 Å². The maximum atomic E-state index is 10.6. The fourth-order valence-electron chi connectivity index (χ4n) is 3.12. The lowest BCUT2D eigenvalue weighted by atomic mass is 9.96. The first-order chi connectivity index (χ1) is 11.9. The van der Waals surface area contributed by atoms with Gasteiger partial charge in [-0.3, -0.25) is 4.57 Å². The molecule has 3 aromatic rings. The standard InChI is InChI=1S/C15H17N5O3S2/c1-15(24,7-3-2-4-25-7)11-9(21)10(22)14(23-11)20-6-19-8-12(16)17-5-18-13(8)20/h2-6,9-11,14,21-22,24H,1H3,(H2,16,17,18)/t9-,10-,11-,14+,15?/m1/s1. The molecule has 4 rings (SSSR count). The van der Waals surface area contributed by atoms with Gasteiger partial charge in [-0.15, -0.1) is 11.3 Å². The number of anilines is 1. The van der Waals surface area contributed by atoms with E-state index >= 15 is 0 Å². The van der Waals surface area contributed by atoms with Gasteiger partial charge < -0.3 is 20.7 Å². The molecule has 0 aromatic carbocycles. The van der Waals surface area contributed by atoms with Crippen molar-refractivity contribution in [2.75, 3.05) is 5.73 Å². The second-order valence-corrected chi connectivity index (χ2v) is 8.01. The first-order valence-corrected chi connectivity index (χ1v) is 8.95. The van der Waals surface area contributed by atoms with Crippen LogP contribution in [0.2, 0.25) is 0 Å². The Kier molecular flexibility index (Phi) is 3.96. The van der Waals surface area contributed by atoms with Crippen molar-refractivity contribution in [3.8, 4) is 0 Å². The third-order valence-electron chi connectivity index (χ3n) is 4.47. The summed E-state index contributed by atoms with van der Waals surface area (Å²) in [5, 5.41) is 23.1. The van der Waals surface area contributed by atoms with Gasteiger partial charge in [0.25, 0.3) is 0 Å². The number of aromatic nitrogens is 4. The third kappa shape index (κ3) is 2.52. The first-order valence-electron chi connectivity index (χ1n) is 7.62. The van der Waals surface area contributed by atoms with Crippen LogP contribution in [0.15, 0.2) is 30.2 Å². The van der Waals surface area contributed by atoms with Crippen molar-refractivity contribution in [2.45, 2.75) is 36.2 Å². The van der Waals surface area contributed by atoms with Crippen LogP contribution in [0.3, 0.4) is 0 Å². The minimum atomic E-state index is -1.16. The number of nitrogens with two attached hydrogens (primary N) is 1. The molecule has 0 amide bonds. The number of rotatable bonds is 3. The first kappa shape index (κ1) is 16.7. The molecule has 0 bridgehead atoms. The van der Waals surface area contributed by atoms with Crippen LogP contribution in [-0.4, -0.2) is 48.0 Å². The van der Waals surface area contributed by atoms with Crippen molar-refractivity contribution < 1.29 is 14.9 Å². The second kappa shape index (κ2) is 5.92. The van der Waals surface area contributed by atoms with Crippen LogP contribution in [0.4, 0.5) is 5.82 Å². The summed E-state index contributed by atoms with van der Waals surface area (Å²) in [6, 6.07) is 3.83. The highest BCUT2D eigenvalue weighted by Crippen LogP contribution is 2.45. The van der Waals surface area contributed by atoms with E-state index in [1.165, 1.54) is 24.0 Å². The quantitative estimate of drug-likeness (QED) is 0.500. The van der Waals surface area contributed by atoms with Gasteiger partial charge in [0.2, 0.25) is 0 Å². The lowest BCUT2D eigenvalue weighted by Gasteiger charge is -2.31. The van der Waals surface area contributed by atoms with E-state index in [-0.39, 0.29) is 5.82 Å². The second-order valence-electron chi connectivity index (χ2n) is 6.14. The summed E-state index contributed by atoms with van der Waals surface area (Å²) in [6.45, 7) is 1.86. The summed E-state index contributed by atoms with van der Waals surface area (Å²) in [4.78, 5) is 13.2. The average Bonchev–Trinajstić information content (AvgIpc) is 3.29. The SMILES string of the molecule is CC(S)(c1cccs1)[C@@H]1O[C@H](n2cnc3c(N)ncnc32)[C@H](O)[C@H]1O. The summed E-state index contributed by atoms with van der Waals surface area (Å²) in [5.74, 6) is 0.242. The van der Waals surface area contributed by atoms with Gasteiger partial charge in [0, 0.05) is 4.88 Å². The van der Waals surface area contributed by atoms with Crippen molar-refractivity contribution in [2.24, 2.45) is 0 Å². The Morgan fingerprint density at radius 3 is 2.84 bits per heavy atom. The molecule has 4 heterocycles. The van der Waals surface area contributed by atoms with E-state index in [9.17, 15) is 10.2 Å². The van der Waals surface area contributed by atoms with Gasteiger partial charge in [0.05, 0.1) is 11.1 Å². The zero-order valence-electron chi connectivity index (χ0n) is 13.2. The Balaban J connectivity index is 1.72. The van der Waals surface area contributed by atoms with Crippen LogP contribution in [0, 0.1) is 0 Å². The van der Waals surface area contributed by atoms with Crippen molar-refractivity contribution in [1.29, 1.82) is 0 Å². The van der Waals surface area contributed by atoms with E-state index in [1.54, 1.807) is 4.57 Å². The number of imidazole rings is 1. The molecular weight excluding hydrogens is 362 g/mol. The van der Waals surface area contributed by atoms with Gasteiger partial charge in [-0.05, 0) is 18.4 Å². The van der Waals surface area contributed by atoms with E-state index in [4.69, 9.17) is 23.1 Å². The largest absolute Gasteiger partial charge is 0.387 e. The molecule has 1 saturated heterocycles. The minimum absolute atomic E-state index is 0.242. The molecule has 0 spiro atoms. The van der Waals surface area contributed by atoms with Gasteiger partial charge in [-0.25, -0.2) is 15.0 Å². The third-order valence-corrected chi connectivity index (χ3v) is 6.23. The molecule has 0 radical (unpaired) electrons. The predicted molar refractivity (Wildman–Crippen MR) is 96.3 cm³/mol. The normalized spacial score (nSPS) is 29.1. The van der Waals surface area contributed by atoms with Gasteiger partial charge in [0.1, 0.15) is 30.2 Å². The zero-order valence-corrected chi connectivity index (χ0v) is 14.9. The highest BCUT2D eigenvalue weighted by Gasteiger charge is 2.52. The van der Waals surface area contributed by atoms with E-state index in [0.717, 1.165) is 4.88 Å². The molecule has 5 atom stereocenters. The molecule has 25 heavy (non-hydrogen) atoms. The molecule has 1 fully saturated rings. The Morgan fingerprint density at radius 1 is 1.32 bits per heavy atom. The van der Waals surface area contributed by atoms with E-state index in [2.05, 4.69) is 15.0 Å². The van der Waals surface area contributed by atoms with E-state index in [1.807, 2.05) is 24.4 Å². The zero-order chi connectivity index (χ0) is 17.8. The minimum Gasteiger partial charge on any atom is -0.387 e. The highest BCUT2D eigenvalue weighted by atomic mass is 32.1. The number of thiol groups is 1. The number of aliphatic hydroxyl groups is 2. The summed E-state index contributed by atoms with van der Waals surface area (Å²) in [5.41, 5.74) is 6.65. The van der Waals surface area contributed by atoms with Gasteiger partial charge in [-0.2, -0.15) is 12.6 Å². The van der Waals surface area contributed by atoms with Gasteiger partial charge in [-0.1, -0.05) is 6.07 Å². The highest BCUT2D eigenvalue weighted by molar-refractivity contribution is 7.81. The number of hydrogen-bond acceptors (Lipinski definition) is 9. The molecule has 8 nitrogen and oxygen atoms in total. The fourth-order valence-corrected chi connectivity index (χ4v) is 4.38. The van der Waals surface area contributed by atoms with Crippen LogP contribution < -0.4 is 5.73 Å². The molecular formula is C15H17N5O3S2. The smallest absolute Gasteiger partial charge is 0.167 e. The Hall–Kier alpha value is -1.72. The van der Waals surface area contributed by atoms with Crippen LogP contribution in [-0.2, 0) is 9.48 Å². The maximum Gasteiger partial charge on any atom is 0.167 e. The Labute approximate surface area is 152 Å². The molecule has 4 N–H and O–H groups in total. The Morgan fingerprint density at radius 2 is 2.12 bits per heavy atom. The van der Waals surface area contributed by atoms with Crippen molar-refractivity contribution >= 4 is 40.9 Å². The summed E-state index contributed by atoms with van der Waals surface area (Å²) < 4.78 is 6.80.